The topological polar surface area (TPSA) is 160 Å². The Hall–Kier alpha value is -4.79. The van der Waals surface area contributed by atoms with Gasteiger partial charge in [-0.25, -0.2) is 24.0 Å². The van der Waals surface area contributed by atoms with Gasteiger partial charge >= 0.3 is 24.2 Å². The maximum Gasteiger partial charge on any atom is 0.431 e. The van der Waals surface area contributed by atoms with Crippen molar-refractivity contribution in [3.63, 3.8) is 0 Å². The van der Waals surface area contributed by atoms with E-state index < -0.39 is 46.7 Å². The highest BCUT2D eigenvalue weighted by atomic mass is 16.7. The number of hydroxylamine groups is 1. The van der Waals surface area contributed by atoms with Crippen LogP contribution in [0.25, 0.3) is 11.1 Å². The number of aromatic nitrogens is 2. The summed E-state index contributed by atoms with van der Waals surface area (Å²) in [5.41, 5.74) is 1.47. The molecule has 3 heterocycles. The van der Waals surface area contributed by atoms with Gasteiger partial charge in [0.05, 0.1) is 24.2 Å². The van der Waals surface area contributed by atoms with Crippen molar-refractivity contribution in [1.82, 2.24) is 20.4 Å². The lowest BCUT2D eigenvalue weighted by molar-refractivity contribution is -0.781. The summed E-state index contributed by atoms with van der Waals surface area (Å²) in [5, 5.41) is 2.83. The van der Waals surface area contributed by atoms with Crippen LogP contribution in [0.2, 0.25) is 0 Å². The smallest absolute Gasteiger partial charge is 0.431 e. The number of hydrogen-bond acceptors (Lipinski definition) is 10. The van der Waals surface area contributed by atoms with E-state index in [4.69, 9.17) is 28.5 Å². The van der Waals surface area contributed by atoms with Gasteiger partial charge in [0.25, 0.3) is 0 Å². The Labute approximate surface area is 324 Å². The van der Waals surface area contributed by atoms with Crippen LogP contribution in [-0.4, -0.2) is 88.6 Å². The van der Waals surface area contributed by atoms with E-state index in [2.05, 4.69) is 45.2 Å². The number of fused-ring (bicyclic) bond motifs is 1. The second-order valence-electron chi connectivity index (χ2n) is 17.2. The van der Waals surface area contributed by atoms with E-state index in [0.29, 0.717) is 57.7 Å². The van der Waals surface area contributed by atoms with E-state index in [1.165, 1.54) is 13.0 Å². The van der Waals surface area contributed by atoms with Gasteiger partial charge in [-0.05, 0) is 112 Å². The highest BCUT2D eigenvalue weighted by Crippen LogP contribution is 2.37. The van der Waals surface area contributed by atoms with Crippen LogP contribution in [0, 0.1) is 5.92 Å². The lowest BCUT2D eigenvalue weighted by atomic mass is 9.89. The third-order valence-electron chi connectivity index (χ3n) is 8.63. The molecular weight excluding hydrogens is 710 g/mol. The minimum absolute atomic E-state index is 0.0318. The molecule has 2 aliphatic rings. The molecule has 3 amide bonds. The Balaban J connectivity index is 1.51. The second kappa shape index (κ2) is 17.3. The number of amides is 3. The van der Waals surface area contributed by atoms with Crippen molar-refractivity contribution in [2.24, 2.45) is 5.92 Å². The van der Waals surface area contributed by atoms with E-state index in [1.807, 2.05) is 53.7 Å². The average Bonchev–Trinajstić information content (AvgIpc) is 3.45. The molecule has 15 nitrogen and oxygen atoms in total. The zero-order valence-electron chi connectivity index (χ0n) is 34.1. The van der Waals surface area contributed by atoms with Crippen LogP contribution in [0.1, 0.15) is 87.6 Å². The molecule has 4 rings (SSSR count). The average molecular weight is 771 g/mol. The minimum atomic E-state index is -1.70. The van der Waals surface area contributed by atoms with Gasteiger partial charge in [-0.2, -0.15) is 10.2 Å². The molecule has 1 aromatic carbocycles. The van der Waals surface area contributed by atoms with Crippen molar-refractivity contribution >= 4 is 24.2 Å². The third kappa shape index (κ3) is 12.6. The predicted octanol–water partition coefficient (Wildman–Crippen LogP) is 5.86. The Bertz CT molecular complexity index is 1700. The van der Waals surface area contributed by atoms with Crippen molar-refractivity contribution in [1.29, 1.82) is 0 Å². The van der Waals surface area contributed by atoms with Crippen LogP contribution in [0.3, 0.4) is 0 Å². The van der Waals surface area contributed by atoms with Crippen LogP contribution in [0.5, 0.6) is 5.75 Å². The summed E-state index contributed by atoms with van der Waals surface area (Å²) in [5.74, 6) is 0.138. The fourth-order valence-corrected chi connectivity index (χ4v) is 6.06. The number of carbonyl (C=O) groups excluding carboxylic acids is 4. The van der Waals surface area contributed by atoms with Gasteiger partial charge in [-0.15, -0.1) is 4.68 Å². The first-order valence-electron chi connectivity index (χ1n) is 18.8. The molecule has 0 saturated carbocycles. The standard InChI is InChI=1S/C40H59N5O10/c1-12-20-50-35(48)42-55-40(11,33(46)52-37(2,3)4)32-17-15-29-21-28(14-16-31(29)51-32)30-25-44(19-13-18-41-34(47)53-38(5,6)7)45(26-30)24-27-22-43(23-27)36(49)54-39(8,9)10/h12,14,16,21,25-27,32H,1,13,15,17-20,22-24H2,2-11H3,(H-,41,42,47,48)/p+1/t32-,40?/m1/s1. The van der Waals surface area contributed by atoms with Gasteiger partial charge in [0, 0.05) is 19.6 Å². The van der Waals surface area contributed by atoms with Gasteiger partial charge in [-0.3, -0.25) is 0 Å². The molecule has 0 radical (unpaired) electrons. The minimum Gasteiger partial charge on any atom is -0.486 e. The van der Waals surface area contributed by atoms with Crippen molar-refractivity contribution in [3.8, 4) is 16.9 Å². The molecule has 2 aliphatic heterocycles. The van der Waals surface area contributed by atoms with E-state index in [9.17, 15) is 19.2 Å². The molecular formula is C40H60N5O10+. The summed E-state index contributed by atoms with van der Waals surface area (Å²) in [4.78, 5) is 57.9. The first-order valence-corrected chi connectivity index (χ1v) is 18.8. The van der Waals surface area contributed by atoms with Crippen LogP contribution in [-0.2, 0) is 48.1 Å². The normalized spacial score (nSPS) is 17.1. The molecule has 0 bridgehead atoms. The number of carbonyl (C=O) groups is 4. The highest BCUT2D eigenvalue weighted by Gasteiger charge is 2.50. The lowest BCUT2D eigenvalue weighted by Crippen LogP contribution is -2.58. The molecule has 2 aromatic rings. The summed E-state index contributed by atoms with van der Waals surface area (Å²) in [6.07, 6.45) is 4.79. The second-order valence-corrected chi connectivity index (χ2v) is 17.2. The number of aryl methyl sites for hydroxylation is 2. The van der Waals surface area contributed by atoms with Crippen molar-refractivity contribution in [2.75, 3.05) is 26.2 Å². The molecule has 0 aliphatic carbocycles. The Kier molecular flexibility index (Phi) is 13.5. The van der Waals surface area contributed by atoms with E-state index in [1.54, 1.807) is 25.7 Å². The summed E-state index contributed by atoms with van der Waals surface area (Å²) in [7, 11) is 0. The van der Waals surface area contributed by atoms with Gasteiger partial charge in [0.1, 0.15) is 35.3 Å². The number of alkyl carbamates (subject to hydrolysis) is 1. The predicted molar refractivity (Wildman–Crippen MR) is 203 cm³/mol. The fraction of sp³-hybridized carbons (Fsp3) is 0.625. The first kappa shape index (κ1) is 42.9. The molecule has 1 saturated heterocycles. The van der Waals surface area contributed by atoms with Crippen LogP contribution >= 0.6 is 0 Å². The monoisotopic (exact) mass is 770 g/mol. The number of esters is 1. The number of nitrogens with zero attached hydrogens (tertiary/aromatic N) is 3. The Morgan fingerprint density at radius 2 is 1.60 bits per heavy atom. The number of likely N-dealkylation sites (tertiary alicyclic amines) is 1. The molecule has 1 aromatic heterocycles. The van der Waals surface area contributed by atoms with Gasteiger partial charge in [-0.1, -0.05) is 18.7 Å². The molecule has 1 fully saturated rings. The van der Waals surface area contributed by atoms with Gasteiger partial charge in [0.15, 0.2) is 6.54 Å². The van der Waals surface area contributed by atoms with Crippen molar-refractivity contribution in [2.45, 2.75) is 130 Å². The third-order valence-corrected chi connectivity index (χ3v) is 8.63. The summed E-state index contributed by atoms with van der Waals surface area (Å²) in [6.45, 7) is 24.3. The van der Waals surface area contributed by atoms with Crippen molar-refractivity contribution < 1.29 is 52.4 Å². The Morgan fingerprint density at radius 3 is 2.24 bits per heavy atom. The van der Waals surface area contributed by atoms with Crippen LogP contribution in [0.15, 0.2) is 43.2 Å². The Morgan fingerprint density at radius 1 is 0.927 bits per heavy atom. The quantitative estimate of drug-likeness (QED) is 0.0631. The molecule has 0 spiro atoms. The number of rotatable bonds is 13. The van der Waals surface area contributed by atoms with Crippen molar-refractivity contribution in [3.05, 3.63) is 48.8 Å². The maximum absolute atomic E-state index is 13.5. The molecule has 2 atom stereocenters. The molecule has 55 heavy (non-hydrogen) atoms. The summed E-state index contributed by atoms with van der Waals surface area (Å²) < 4.78 is 32.2. The maximum atomic E-state index is 13.5. The molecule has 15 heteroatoms. The summed E-state index contributed by atoms with van der Waals surface area (Å²) in [6, 6.07) is 5.90. The molecule has 304 valence electrons. The number of benzene rings is 1. The van der Waals surface area contributed by atoms with E-state index in [0.717, 1.165) is 16.7 Å². The first-order chi connectivity index (χ1) is 25.5. The molecule has 2 N–H and O–H groups in total. The SMILES string of the molecule is C=CCOC(=O)NOC(C)(C(=O)OC(C)(C)C)[C@H]1CCc2cc(-c3cn(CCCNC(=O)OC(C)(C)C)[n+](CC4CN(C(=O)OC(C)(C)C)C4)c3)ccc2O1. The van der Waals surface area contributed by atoms with Gasteiger partial charge in [0.2, 0.25) is 11.8 Å². The van der Waals surface area contributed by atoms with Crippen LogP contribution < -0.4 is 20.2 Å². The van der Waals surface area contributed by atoms with E-state index >= 15 is 0 Å². The fourth-order valence-electron chi connectivity index (χ4n) is 6.06. The van der Waals surface area contributed by atoms with Crippen LogP contribution in [0.4, 0.5) is 14.4 Å². The number of nitrogens with one attached hydrogen (secondary N) is 2. The lowest BCUT2D eigenvalue weighted by Gasteiger charge is -2.38. The zero-order chi connectivity index (χ0) is 40.8. The van der Waals surface area contributed by atoms with E-state index in [-0.39, 0.29) is 18.6 Å². The largest absolute Gasteiger partial charge is 0.486 e. The number of hydrogen-bond donors (Lipinski definition) is 2. The number of ether oxygens (including phenoxy) is 5. The van der Waals surface area contributed by atoms with Gasteiger partial charge < -0.3 is 33.9 Å². The molecule has 1 unspecified atom stereocenters. The highest BCUT2D eigenvalue weighted by molar-refractivity contribution is 5.81. The summed E-state index contributed by atoms with van der Waals surface area (Å²) >= 11 is 0. The zero-order valence-corrected chi connectivity index (χ0v) is 34.1.